The third-order valence-corrected chi connectivity index (χ3v) is 3.10. The predicted octanol–water partition coefficient (Wildman–Crippen LogP) is 2.56. The van der Waals surface area contributed by atoms with Crippen LogP contribution in [-0.2, 0) is 0 Å². The average molecular weight is 269 g/mol. The Bertz CT molecular complexity index is 601. The third-order valence-electron chi connectivity index (χ3n) is 3.10. The number of nitrogens with zero attached hydrogens (tertiary/aromatic N) is 2. The number of benzene rings is 1. The van der Waals surface area contributed by atoms with Crippen molar-refractivity contribution < 1.29 is 17.7 Å². The lowest BCUT2D eigenvalue weighted by Gasteiger charge is -2.02. The molecule has 1 heterocycles. The summed E-state index contributed by atoms with van der Waals surface area (Å²) >= 11 is 0. The van der Waals surface area contributed by atoms with Crippen LogP contribution in [0.3, 0.4) is 0 Å². The molecule has 2 N–H and O–H groups in total. The Morgan fingerprint density at radius 2 is 1.84 bits per heavy atom. The molecule has 1 aromatic heterocycles. The molecule has 1 unspecified atom stereocenters. The third kappa shape index (κ3) is 2.21. The summed E-state index contributed by atoms with van der Waals surface area (Å²) in [6.07, 6.45) is 2.01. The van der Waals surface area contributed by atoms with E-state index < -0.39 is 17.5 Å². The Labute approximate surface area is 106 Å². The fourth-order valence-corrected chi connectivity index (χ4v) is 1.83. The van der Waals surface area contributed by atoms with Gasteiger partial charge in [0, 0.05) is 5.56 Å². The van der Waals surface area contributed by atoms with Crippen LogP contribution in [0.1, 0.15) is 24.7 Å². The molecule has 0 amide bonds. The largest absolute Gasteiger partial charge is 0.334 e. The average Bonchev–Trinajstić information content (AvgIpc) is 3.11. The van der Waals surface area contributed by atoms with Gasteiger partial charge in [0.1, 0.15) is 0 Å². The van der Waals surface area contributed by atoms with Crippen molar-refractivity contribution >= 4 is 0 Å². The maximum Gasteiger partial charge on any atom is 0.258 e. The minimum absolute atomic E-state index is 0.0156. The van der Waals surface area contributed by atoms with Crippen LogP contribution in [-0.4, -0.2) is 10.1 Å². The molecule has 0 bridgehead atoms. The van der Waals surface area contributed by atoms with E-state index in [0.717, 1.165) is 25.0 Å². The summed E-state index contributed by atoms with van der Waals surface area (Å²) in [6, 6.07) is 1.27. The number of nitrogens with two attached hydrogens (primary N) is 1. The van der Waals surface area contributed by atoms with Gasteiger partial charge in [0.2, 0.25) is 0 Å². The van der Waals surface area contributed by atoms with Crippen molar-refractivity contribution in [2.45, 2.75) is 18.9 Å². The molecule has 1 fully saturated rings. The molecule has 1 saturated carbocycles. The molecule has 0 saturated heterocycles. The van der Waals surface area contributed by atoms with E-state index >= 15 is 0 Å². The molecule has 19 heavy (non-hydrogen) atoms. The van der Waals surface area contributed by atoms with E-state index in [9.17, 15) is 13.2 Å². The second-order valence-corrected chi connectivity index (χ2v) is 4.57. The highest BCUT2D eigenvalue weighted by molar-refractivity contribution is 5.53. The lowest BCUT2D eigenvalue weighted by atomic mass is 10.2. The zero-order valence-corrected chi connectivity index (χ0v) is 9.74. The van der Waals surface area contributed by atoms with Crippen molar-refractivity contribution in [3.63, 3.8) is 0 Å². The Morgan fingerprint density at radius 1 is 1.21 bits per heavy atom. The molecular weight excluding hydrogens is 259 g/mol. The van der Waals surface area contributed by atoms with Crippen LogP contribution in [0, 0.1) is 23.4 Å². The van der Waals surface area contributed by atoms with Gasteiger partial charge in [-0.15, -0.1) is 0 Å². The highest BCUT2D eigenvalue weighted by atomic mass is 19.2. The van der Waals surface area contributed by atoms with Crippen LogP contribution in [0.2, 0.25) is 0 Å². The van der Waals surface area contributed by atoms with Crippen LogP contribution in [0.4, 0.5) is 13.2 Å². The summed E-state index contributed by atoms with van der Waals surface area (Å²) in [5.41, 5.74) is 5.87. The van der Waals surface area contributed by atoms with E-state index in [0.29, 0.717) is 11.7 Å². The Kier molecular flexibility index (Phi) is 2.78. The first-order chi connectivity index (χ1) is 9.06. The summed E-state index contributed by atoms with van der Waals surface area (Å²) in [6.45, 7) is 0. The van der Waals surface area contributed by atoms with E-state index in [1.165, 1.54) is 0 Å². The zero-order valence-electron chi connectivity index (χ0n) is 9.74. The van der Waals surface area contributed by atoms with Crippen LogP contribution < -0.4 is 5.73 Å². The monoisotopic (exact) mass is 269 g/mol. The van der Waals surface area contributed by atoms with Gasteiger partial charge in [-0.3, -0.25) is 0 Å². The lowest BCUT2D eigenvalue weighted by Crippen LogP contribution is -2.13. The van der Waals surface area contributed by atoms with Crippen molar-refractivity contribution in [2.24, 2.45) is 11.7 Å². The van der Waals surface area contributed by atoms with Gasteiger partial charge in [0.15, 0.2) is 23.3 Å². The number of hydrogen-bond donors (Lipinski definition) is 1. The Balaban J connectivity index is 1.94. The first-order valence-corrected chi connectivity index (χ1v) is 5.80. The van der Waals surface area contributed by atoms with Gasteiger partial charge in [-0.25, -0.2) is 13.2 Å². The van der Waals surface area contributed by atoms with E-state index in [2.05, 4.69) is 10.1 Å². The van der Waals surface area contributed by atoms with Gasteiger partial charge < -0.3 is 10.3 Å². The van der Waals surface area contributed by atoms with Gasteiger partial charge in [0.25, 0.3) is 5.89 Å². The van der Waals surface area contributed by atoms with Crippen LogP contribution in [0.15, 0.2) is 16.7 Å². The molecule has 0 radical (unpaired) electrons. The van der Waals surface area contributed by atoms with E-state index in [1.54, 1.807) is 0 Å². The molecule has 4 nitrogen and oxygen atoms in total. The van der Waals surface area contributed by atoms with Gasteiger partial charge in [-0.1, -0.05) is 5.16 Å². The predicted molar refractivity (Wildman–Crippen MR) is 59.3 cm³/mol. The molecule has 100 valence electrons. The highest BCUT2D eigenvalue weighted by Crippen LogP contribution is 2.38. The van der Waals surface area contributed by atoms with Gasteiger partial charge in [-0.2, -0.15) is 4.98 Å². The van der Waals surface area contributed by atoms with Crippen molar-refractivity contribution in [3.05, 3.63) is 35.4 Å². The summed E-state index contributed by atoms with van der Waals surface area (Å²) in [5, 5.41) is 3.69. The van der Waals surface area contributed by atoms with E-state index in [-0.39, 0.29) is 17.5 Å². The summed E-state index contributed by atoms with van der Waals surface area (Å²) in [5.74, 6) is -3.60. The summed E-state index contributed by atoms with van der Waals surface area (Å²) in [7, 11) is 0. The SMILES string of the molecule is NC(c1noc(-c2cc(F)c(F)c(F)c2)n1)C1CC1. The van der Waals surface area contributed by atoms with Crippen LogP contribution in [0.25, 0.3) is 11.5 Å². The minimum Gasteiger partial charge on any atom is -0.334 e. The number of halogens is 3. The van der Waals surface area contributed by atoms with Gasteiger partial charge in [-0.05, 0) is 30.9 Å². The molecule has 1 atom stereocenters. The number of aromatic nitrogens is 2. The van der Waals surface area contributed by atoms with Crippen molar-refractivity contribution in [1.82, 2.24) is 10.1 Å². The first-order valence-electron chi connectivity index (χ1n) is 5.80. The normalized spacial score (nSPS) is 16.6. The number of rotatable bonds is 3. The Hall–Kier alpha value is -1.89. The molecule has 0 spiro atoms. The minimum atomic E-state index is -1.53. The number of hydrogen-bond acceptors (Lipinski definition) is 4. The molecule has 1 aromatic carbocycles. The zero-order chi connectivity index (χ0) is 13.6. The van der Waals surface area contributed by atoms with Crippen LogP contribution in [0.5, 0.6) is 0 Å². The molecule has 1 aliphatic rings. The second-order valence-electron chi connectivity index (χ2n) is 4.57. The topological polar surface area (TPSA) is 64.9 Å². The van der Waals surface area contributed by atoms with Crippen molar-refractivity contribution in [2.75, 3.05) is 0 Å². The molecular formula is C12H10F3N3O. The fourth-order valence-electron chi connectivity index (χ4n) is 1.83. The smallest absolute Gasteiger partial charge is 0.258 e. The first kappa shape index (κ1) is 12.2. The summed E-state index contributed by atoms with van der Waals surface area (Å²) < 4.78 is 43.9. The Morgan fingerprint density at radius 3 is 2.42 bits per heavy atom. The quantitative estimate of drug-likeness (QED) is 0.870. The van der Waals surface area contributed by atoms with Crippen molar-refractivity contribution in [3.8, 4) is 11.5 Å². The molecule has 3 rings (SSSR count). The van der Waals surface area contributed by atoms with Gasteiger partial charge in [0.05, 0.1) is 6.04 Å². The standard InChI is InChI=1S/C12H10F3N3O/c13-7-3-6(4-8(14)9(7)15)12-17-11(18-19-12)10(16)5-1-2-5/h3-5,10H,1-2,16H2. The lowest BCUT2D eigenvalue weighted by molar-refractivity contribution is 0.409. The van der Waals surface area contributed by atoms with E-state index in [4.69, 9.17) is 10.3 Å². The molecule has 7 heteroatoms. The maximum absolute atomic E-state index is 13.1. The molecule has 0 aliphatic heterocycles. The highest BCUT2D eigenvalue weighted by Gasteiger charge is 2.32. The molecule has 1 aliphatic carbocycles. The van der Waals surface area contributed by atoms with Crippen molar-refractivity contribution in [1.29, 1.82) is 0 Å². The van der Waals surface area contributed by atoms with Gasteiger partial charge >= 0.3 is 0 Å². The second kappa shape index (κ2) is 4.34. The maximum atomic E-state index is 13.1. The van der Waals surface area contributed by atoms with E-state index in [1.807, 2.05) is 0 Å². The fraction of sp³-hybridized carbons (Fsp3) is 0.333. The summed E-state index contributed by atoms with van der Waals surface area (Å²) in [4.78, 5) is 3.99. The molecule has 2 aromatic rings. The van der Waals surface area contributed by atoms with Crippen LogP contribution >= 0.6 is 0 Å².